The highest BCUT2D eigenvalue weighted by atomic mass is 35.5. The van der Waals surface area contributed by atoms with Gasteiger partial charge in [-0.3, -0.25) is 0 Å². The van der Waals surface area contributed by atoms with Gasteiger partial charge in [0.05, 0.1) is 6.61 Å². The summed E-state index contributed by atoms with van der Waals surface area (Å²) in [5.74, 6) is -0.0646. The lowest BCUT2D eigenvalue weighted by Crippen LogP contribution is -2.16. The van der Waals surface area contributed by atoms with E-state index in [-0.39, 0.29) is 5.56 Å². The SMILES string of the molecule is O=C(O)c1ccc(Cl)cc1OCC1CCCCC1. The van der Waals surface area contributed by atoms with Crippen LogP contribution in [-0.4, -0.2) is 17.7 Å². The number of carboxylic acid groups (broad SMARTS) is 1. The lowest BCUT2D eigenvalue weighted by atomic mass is 9.90. The van der Waals surface area contributed by atoms with E-state index in [9.17, 15) is 4.79 Å². The second-order valence-electron chi connectivity index (χ2n) is 4.76. The summed E-state index contributed by atoms with van der Waals surface area (Å²) in [5, 5.41) is 9.57. The van der Waals surface area contributed by atoms with Crippen molar-refractivity contribution in [3.8, 4) is 5.75 Å². The van der Waals surface area contributed by atoms with Crippen molar-refractivity contribution < 1.29 is 14.6 Å². The monoisotopic (exact) mass is 268 g/mol. The molecular formula is C14H17ClO3. The number of benzene rings is 1. The van der Waals surface area contributed by atoms with Gasteiger partial charge in [-0.05, 0) is 37.0 Å². The largest absolute Gasteiger partial charge is 0.492 e. The maximum Gasteiger partial charge on any atom is 0.339 e. The molecule has 2 rings (SSSR count). The summed E-state index contributed by atoms with van der Waals surface area (Å²) >= 11 is 5.87. The first-order valence-corrected chi connectivity index (χ1v) is 6.70. The van der Waals surface area contributed by atoms with Crippen LogP contribution in [0.1, 0.15) is 42.5 Å². The lowest BCUT2D eigenvalue weighted by Gasteiger charge is -2.22. The number of carbonyl (C=O) groups is 1. The van der Waals surface area contributed by atoms with Gasteiger partial charge in [0.2, 0.25) is 0 Å². The summed E-state index contributed by atoms with van der Waals surface area (Å²) in [6.07, 6.45) is 6.13. The molecular weight excluding hydrogens is 252 g/mol. The van der Waals surface area contributed by atoms with Crippen molar-refractivity contribution in [1.29, 1.82) is 0 Å². The van der Waals surface area contributed by atoms with Crippen LogP contribution in [-0.2, 0) is 0 Å². The maximum atomic E-state index is 11.1. The van der Waals surface area contributed by atoms with Crippen LogP contribution in [0.5, 0.6) is 5.75 Å². The Labute approximate surface area is 112 Å². The average molecular weight is 269 g/mol. The molecule has 0 aromatic heterocycles. The van der Waals surface area contributed by atoms with Gasteiger partial charge in [-0.2, -0.15) is 0 Å². The van der Waals surface area contributed by atoms with E-state index in [0.29, 0.717) is 23.3 Å². The fourth-order valence-electron chi connectivity index (χ4n) is 2.35. The second kappa shape index (κ2) is 6.10. The third kappa shape index (κ3) is 3.39. The summed E-state index contributed by atoms with van der Waals surface area (Å²) in [5.41, 5.74) is 0.176. The molecule has 0 saturated heterocycles. The van der Waals surface area contributed by atoms with Gasteiger partial charge in [0.15, 0.2) is 0 Å². The van der Waals surface area contributed by atoms with Crippen LogP contribution in [0.15, 0.2) is 18.2 Å². The van der Waals surface area contributed by atoms with E-state index in [4.69, 9.17) is 21.4 Å². The molecule has 0 radical (unpaired) electrons. The van der Waals surface area contributed by atoms with Crippen LogP contribution < -0.4 is 4.74 Å². The molecule has 0 spiro atoms. The minimum Gasteiger partial charge on any atom is -0.492 e. The van der Waals surface area contributed by atoms with E-state index >= 15 is 0 Å². The van der Waals surface area contributed by atoms with Gasteiger partial charge in [0, 0.05) is 5.02 Å². The van der Waals surface area contributed by atoms with Gasteiger partial charge in [-0.1, -0.05) is 30.9 Å². The van der Waals surface area contributed by atoms with Crippen molar-refractivity contribution >= 4 is 17.6 Å². The zero-order valence-electron chi connectivity index (χ0n) is 10.2. The van der Waals surface area contributed by atoms with Crippen molar-refractivity contribution in [1.82, 2.24) is 0 Å². The molecule has 1 aliphatic rings. The highest BCUT2D eigenvalue weighted by Crippen LogP contribution is 2.27. The summed E-state index contributed by atoms with van der Waals surface area (Å²) < 4.78 is 5.65. The fraction of sp³-hybridized carbons (Fsp3) is 0.500. The van der Waals surface area contributed by atoms with Gasteiger partial charge < -0.3 is 9.84 Å². The van der Waals surface area contributed by atoms with Crippen LogP contribution in [0.2, 0.25) is 5.02 Å². The van der Waals surface area contributed by atoms with Crippen molar-refractivity contribution in [2.24, 2.45) is 5.92 Å². The van der Waals surface area contributed by atoms with Crippen LogP contribution in [0.25, 0.3) is 0 Å². The van der Waals surface area contributed by atoms with Crippen LogP contribution in [0.3, 0.4) is 0 Å². The molecule has 98 valence electrons. The first kappa shape index (κ1) is 13.2. The highest BCUT2D eigenvalue weighted by molar-refractivity contribution is 6.30. The number of carboxylic acids is 1. The summed E-state index contributed by atoms with van der Waals surface area (Å²) in [7, 11) is 0. The van der Waals surface area contributed by atoms with E-state index in [2.05, 4.69) is 0 Å². The van der Waals surface area contributed by atoms with Crippen LogP contribution >= 0.6 is 11.6 Å². The zero-order valence-corrected chi connectivity index (χ0v) is 10.9. The molecule has 1 fully saturated rings. The smallest absolute Gasteiger partial charge is 0.339 e. The molecule has 0 aliphatic heterocycles. The van der Waals surface area contributed by atoms with E-state index in [1.807, 2.05) is 0 Å². The van der Waals surface area contributed by atoms with E-state index in [0.717, 1.165) is 0 Å². The third-order valence-corrected chi connectivity index (χ3v) is 3.61. The Bertz CT molecular complexity index is 425. The molecule has 1 saturated carbocycles. The molecule has 1 N–H and O–H groups in total. The van der Waals surface area contributed by atoms with Crippen LogP contribution in [0, 0.1) is 5.92 Å². The predicted octanol–water partition coefficient (Wildman–Crippen LogP) is 4.00. The number of rotatable bonds is 4. The first-order valence-electron chi connectivity index (χ1n) is 6.32. The van der Waals surface area contributed by atoms with Crippen molar-refractivity contribution in [3.05, 3.63) is 28.8 Å². The minimum atomic E-state index is -0.981. The predicted molar refractivity (Wildman–Crippen MR) is 70.5 cm³/mol. The minimum absolute atomic E-state index is 0.176. The number of aromatic carboxylic acids is 1. The van der Waals surface area contributed by atoms with Gasteiger partial charge in [-0.15, -0.1) is 0 Å². The number of hydrogen-bond donors (Lipinski definition) is 1. The Hall–Kier alpha value is -1.22. The van der Waals surface area contributed by atoms with Gasteiger partial charge in [-0.25, -0.2) is 4.79 Å². The van der Waals surface area contributed by atoms with Gasteiger partial charge in [0.25, 0.3) is 0 Å². The maximum absolute atomic E-state index is 11.1. The fourth-order valence-corrected chi connectivity index (χ4v) is 2.52. The van der Waals surface area contributed by atoms with Crippen molar-refractivity contribution in [2.45, 2.75) is 32.1 Å². The molecule has 0 heterocycles. The Morgan fingerprint density at radius 1 is 1.33 bits per heavy atom. The number of ether oxygens (including phenoxy) is 1. The number of halogens is 1. The topological polar surface area (TPSA) is 46.5 Å². The Kier molecular flexibility index (Phi) is 4.48. The Balaban J connectivity index is 2.03. The summed E-state index contributed by atoms with van der Waals surface area (Å²) in [6.45, 7) is 0.584. The zero-order chi connectivity index (χ0) is 13.0. The quantitative estimate of drug-likeness (QED) is 0.898. The van der Waals surface area contributed by atoms with E-state index in [1.54, 1.807) is 12.1 Å². The molecule has 1 aromatic rings. The molecule has 4 heteroatoms. The number of hydrogen-bond acceptors (Lipinski definition) is 2. The summed E-state index contributed by atoms with van der Waals surface area (Å²) in [4.78, 5) is 11.1. The van der Waals surface area contributed by atoms with E-state index < -0.39 is 5.97 Å². The second-order valence-corrected chi connectivity index (χ2v) is 5.20. The standard InChI is InChI=1S/C14H17ClO3/c15-11-6-7-12(14(16)17)13(8-11)18-9-10-4-2-1-3-5-10/h6-8,10H,1-5,9H2,(H,16,17). The normalized spacial score (nSPS) is 16.5. The molecule has 0 bridgehead atoms. The van der Waals surface area contributed by atoms with Gasteiger partial charge >= 0.3 is 5.97 Å². The van der Waals surface area contributed by atoms with Crippen LogP contribution in [0.4, 0.5) is 0 Å². The van der Waals surface area contributed by atoms with Crippen molar-refractivity contribution in [2.75, 3.05) is 6.61 Å². The molecule has 0 unspecified atom stereocenters. The molecule has 0 atom stereocenters. The molecule has 0 amide bonds. The third-order valence-electron chi connectivity index (χ3n) is 3.37. The Morgan fingerprint density at radius 2 is 2.06 bits per heavy atom. The molecule has 1 aliphatic carbocycles. The van der Waals surface area contributed by atoms with Crippen molar-refractivity contribution in [3.63, 3.8) is 0 Å². The molecule has 18 heavy (non-hydrogen) atoms. The lowest BCUT2D eigenvalue weighted by molar-refractivity contribution is 0.0690. The molecule has 1 aromatic carbocycles. The highest BCUT2D eigenvalue weighted by Gasteiger charge is 2.16. The summed E-state index contributed by atoms with van der Waals surface area (Å²) in [6, 6.07) is 4.63. The van der Waals surface area contributed by atoms with E-state index in [1.165, 1.54) is 38.2 Å². The Morgan fingerprint density at radius 3 is 2.72 bits per heavy atom. The average Bonchev–Trinajstić information content (AvgIpc) is 2.37. The van der Waals surface area contributed by atoms with Gasteiger partial charge in [0.1, 0.15) is 11.3 Å². The first-order chi connectivity index (χ1) is 8.66. The molecule has 3 nitrogen and oxygen atoms in total.